The normalized spacial score (nSPS) is 11.1. The van der Waals surface area contributed by atoms with Crippen LogP contribution in [-0.2, 0) is 11.3 Å². The van der Waals surface area contributed by atoms with Crippen LogP contribution in [0.5, 0.6) is 0 Å². The third-order valence-corrected chi connectivity index (χ3v) is 4.96. The lowest BCUT2D eigenvalue weighted by atomic mass is 10.0. The van der Waals surface area contributed by atoms with Gasteiger partial charge >= 0.3 is 5.97 Å². The highest BCUT2D eigenvalue weighted by atomic mass is 16.5. The summed E-state index contributed by atoms with van der Waals surface area (Å²) in [5.74, 6) is -0.533. The molecule has 0 bridgehead atoms. The van der Waals surface area contributed by atoms with Crippen LogP contribution in [0.4, 0.5) is 0 Å². The minimum absolute atomic E-state index is 0.0331. The van der Waals surface area contributed by atoms with Gasteiger partial charge in [-0.1, -0.05) is 54.6 Å². The van der Waals surface area contributed by atoms with E-state index >= 15 is 0 Å². The average molecular weight is 387 g/mol. The summed E-state index contributed by atoms with van der Waals surface area (Å²) in [6.45, 7) is 0.160. The average Bonchev–Trinajstić information content (AvgIpc) is 3.10. The van der Waals surface area contributed by atoms with Crippen molar-refractivity contribution in [3.05, 3.63) is 83.6 Å². The second-order valence-corrected chi connectivity index (χ2v) is 6.80. The number of aliphatic hydroxyl groups is 1. The molecule has 0 aliphatic carbocycles. The largest absolute Gasteiger partial charge is 0.459 e. The number of esters is 1. The van der Waals surface area contributed by atoms with Gasteiger partial charge in [0.1, 0.15) is 18.1 Å². The van der Waals surface area contributed by atoms with E-state index in [-0.39, 0.29) is 19.0 Å². The number of carbonyl (C=O) groups excluding carboxylic acids is 1. The number of hydrogen-bond acceptors (Lipinski definition) is 4. The van der Waals surface area contributed by atoms with Crippen molar-refractivity contribution in [3.8, 4) is 0 Å². The van der Waals surface area contributed by atoms with Gasteiger partial charge in [-0.25, -0.2) is 4.79 Å². The fraction of sp³-hybridized carbons (Fsp3) is 0.130. The Labute approximate surface area is 167 Å². The summed E-state index contributed by atoms with van der Waals surface area (Å²) < 4.78 is 7.05. The number of ether oxygens (including phenoxy) is 1. The molecule has 1 heterocycles. The molecule has 0 saturated carbocycles. The molecule has 3 aromatic carbocycles. The van der Waals surface area contributed by atoms with Crippen LogP contribution >= 0.6 is 0 Å². The summed E-state index contributed by atoms with van der Waals surface area (Å²) in [5.41, 5.74) is 8.50. The monoisotopic (exact) mass is 387 g/mol. The van der Waals surface area contributed by atoms with Gasteiger partial charge in [-0.15, -0.1) is 0 Å². The molecule has 4 rings (SSSR count). The molecule has 0 radical (unpaired) electrons. The third kappa shape index (κ3) is 3.58. The summed E-state index contributed by atoms with van der Waals surface area (Å²) >= 11 is 0. The van der Waals surface area contributed by atoms with E-state index in [0.29, 0.717) is 17.8 Å². The minimum Gasteiger partial charge on any atom is -0.459 e. The molecule has 29 heavy (non-hydrogen) atoms. The first-order chi connectivity index (χ1) is 14.1. The second kappa shape index (κ2) is 7.77. The van der Waals surface area contributed by atoms with E-state index in [2.05, 4.69) is 18.2 Å². The van der Waals surface area contributed by atoms with E-state index in [1.807, 2.05) is 41.0 Å². The quantitative estimate of drug-likeness (QED) is 0.268. The van der Waals surface area contributed by atoms with Crippen LogP contribution in [0.15, 0.2) is 66.7 Å². The smallest absolute Gasteiger partial charge is 0.355 e. The number of aliphatic hydroxyl groups excluding tert-OH is 1. The Kier molecular flexibility index (Phi) is 5.01. The van der Waals surface area contributed by atoms with Crippen molar-refractivity contribution in [1.29, 1.82) is 5.41 Å². The maximum Gasteiger partial charge on any atom is 0.355 e. The third-order valence-electron chi connectivity index (χ3n) is 4.96. The molecule has 4 aromatic rings. The topological polar surface area (TPSA) is 101 Å². The molecule has 0 aliphatic rings. The van der Waals surface area contributed by atoms with E-state index in [0.717, 1.165) is 27.2 Å². The van der Waals surface area contributed by atoms with Gasteiger partial charge in [-0.3, -0.25) is 5.41 Å². The van der Waals surface area contributed by atoms with Crippen molar-refractivity contribution < 1.29 is 14.6 Å². The fourth-order valence-corrected chi connectivity index (χ4v) is 3.57. The molecule has 4 N–H and O–H groups in total. The number of nitrogens with two attached hydrogens (primary N) is 1. The predicted molar refractivity (Wildman–Crippen MR) is 113 cm³/mol. The Morgan fingerprint density at radius 3 is 2.62 bits per heavy atom. The molecule has 1 aromatic heterocycles. The number of nitrogens with one attached hydrogen (secondary N) is 1. The van der Waals surface area contributed by atoms with Gasteiger partial charge in [0.2, 0.25) is 0 Å². The van der Waals surface area contributed by atoms with Crippen molar-refractivity contribution in [3.63, 3.8) is 0 Å². The molecule has 0 saturated heterocycles. The Bertz CT molecular complexity index is 1220. The molecule has 0 amide bonds. The van der Waals surface area contributed by atoms with Gasteiger partial charge in [0.15, 0.2) is 0 Å². The highest BCUT2D eigenvalue weighted by Crippen LogP contribution is 2.26. The van der Waals surface area contributed by atoms with Crippen molar-refractivity contribution in [2.24, 2.45) is 5.73 Å². The highest BCUT2D eigenvalue weighted by Gasteiger charge is 2.18. The molecule has 6 heteroatoms. The molecular weight excluding hydrogens is 366 g/mol. The van der Waals surface area contributed by atoms with Crippen molar-refractivity contribution in [2.45, 2.75) is 6.54 Å². The standard InChI is InChI=1S/C23H21N3O3/c24-22(25)17-9-8-16-12-21(23(28)29-11-10-27)26(20(16)13-17)14-18-6-3-5-15-4-1-2-7-19(15)18/h1-9,12-13,27H,10-11,14H2,(H3,24,25). The zero-order chi connectivity index (χ0) is 20.4. The van der Waals surface area contributed by atoms with Crippen LogP contribution < -0.4 is 5.73 Å². The summed E-state index contributed by atoms with van der Waals surface area (Å²) in [6, 6.07) is 21.4. The minimum atomic E-state index is -0.500. The molecule has 0 spiro atoms. The van der Waals surface area contributed by atoms with Crippen molar-refractivity contribution >= 4 is 33.5 Å². The summed E-state index contributed by atoms with van der Waals surface area (Å²) in [5, 5.41) is 19.8. The number of amidine groups is 1. The Morgan fingerprint density at radius 1 is 1.03 bits per heavy atom. The molecule has 0 fully saturated rings. The van der Waals surface area contributed by atoms with E-state index in [4.69, 9.17) is 21.0 Å². The van der Waals surface area contributed by atoms with E-state index in [1.165, 1.54) is 0 Å². The second-order valence-electron chi connectivity index (χ2n) is 6.80. The SMILES string of the molecule is N=C(N)c1ccc2cc(C(=O)OCCO)n(Cc3cccc4ccccc34)c2c1. The Balaban J connectivity index is 1.88. The van der Waals surface area contributed by atoms with Gasteiger partial charge in [-0.2, -0.15) is 0 Å². The van der Waals surface area contributed by atoms with Gasteiger partial charge < -0.3 is 20.1 Å². The predicted octanol–water partition coefficient (Wildman–Crippen LogP) is 3.28. The maximum absolute atomic E-state index is 12.6. The number of rotatable bonds is 6. The zero-order valence-electron chi connectivity index (χ0n) is 15.8. The summed E-state index contributed by atoms with van der Waals surface area (Å²) in [7, 11) is 0. The zero-order valence-corrected chi connectivity index (χ0v) is 15.8. The van der Waals surface area contributed by atoms with Gasteiger partial charge in [0, 0.05) is 23.0 Å². The van der Waals surface area contributed by atoms with Crippen LogP contribution in [0.2, 0.25) is 0 Å². The number of benzene rings is 3. The summed E-state index contributed by atoms with van der Waals surface area (Å²) in [4.78, 5) is 12.6. The number of hydrogen-bond donors (Lipinski definition) is 3. The van der Waals surface area contributed by atoms with Crippen LogP contribution in [0.1, 0.15) is 21.6 Å². The van der Waals surface area contributed by atoms with Crippen LogP contribution in [0.3, 0.4) is 0 Å². The first-order valence-corrected chi connectivity index (χ1v) is 9.31. The molecule has 0 atom stereocenters. The van der Waals surface area contributed by atoms with E-state index < -0.39 is 5.97 Å². The molecule has 146 valence electrons. The highest BCUT2D eigenvalue weighted by molar-refractivity contribution is 6.01. The van der Waals surface area contributed by atoms with Crippen molar-refractivity contribution in [1.82, 2.24) is 4.57 Å². The van der Waals surface area contributed by atoms with Crippen LogP contribution in [0.25, 0.3) is 21.7 Å². The number of carbonyl (C=O) groups is 1. The number of nitrogen functional groups attached to an aromatic ring is 1. The molecular formula is C23H21N3O3. The number of nitrogens with zero attached hydrogens (tertiary/aromatic N) is 1. The number of fused-ring (bicyclic) bond motifs is 2. The number of aromatic nitrogens is 1. The molecule has 6 nitrogen and oxygen atoms in total. The lowest BCUT2D eigenvalue weighted by molar-refractivity contribution is 0.0422. The lowest BCUT2D eigenvalue weighted by Gasteiger charge is -2.13. The Hall–Kier alpha value is -3.64. The van der Waals surface area contributed by atoms with E-state index in [1.54, 1.807) is 12.1 Å². The molecule has 0 aliphatic heterocycles. The van der Waals surface area contributed by atoms with Crippen molar-refractivity contribution in [2.75, 3.05) is 13.2 Å². The Morgan fingerprint density at radius 2 is 1.83 bits per heavy atom. The summed E-state index contributed by atoms with van der Waals surface area (Å²) in [6.07, 6.45) is 0. The van der Waals surface area contributed by atoms with Gasteiger partial charge in [-0.05, 0) is 28.5 Å². The van der Waals surface area contributed by atoms with Crippen LogP contribution in [0, 0.1) is 5.41 Å². The molecule has 0 unspecified atom stereocenters. The lowest BCUT2D eigenvalue weighted by Crippen LogP contribution is -2.15. The van der Waals surface area contributed by atoms with Gasteiger partial charge in [0.05, 0.1) is 6.61 Å². The fourth-order valence-electron chi connectivity index (χ4n) is 3.57. The van der Waals surface area contributed by atoms with Gasteiger partial charge in [0.25, 0.3) is 0 Å². The van der Waals surface area contributed by atoms with Crippen LogP contribution in [-0.4, -0.2) is 34.7 Å². The first kappa shape index (κ1) is 18.7. The van der Waals surface area contributed by atoms with E-state index in [9.17, 15) is 4.79 Å². The first-order valence-electron chi connectivity index (χ1n) is 9.31. The maximum atomic E-state index is 12.6.